The molecule has 0 aromatic rings. The van der Waals surface area contributed by atoms with Crippen LogP contribution in [0.4, 0.5) is 0 Å². The van der Waals surface area contributed by atoms with Crippen LogP contribution in [-0.4, -0.2) is 70.7 Å². The Labute approximate surface area is 428 Å². The summed E-state index contributed by atoms with van der Waals surface area (Å²) >= 11 is 0. The van der Waals surface area contributed by atoms with E-state index in [1.54, 1.807) is 0 Å². The van der Waals surface area contributed by atoms with E-state index >= 15 is 0 Å². The number of phosphoric acid groups is 1. The molecular formula is C60H112NO7P. The molecule has 0 amide bonds. The van der Waals surface area contributed by atoms with Crippen LogP contribution in [0.1, 0.15) is 258 Å². The highest BCUT2D eigenvalue weighted by Gasteiger charge is 2.20. The molecule has 0 radical (unpaired) electrons. The largest absolute Gasteiger partial charge is 0.756 e. The highest BCUT2D eigenvalue weighted by Crippen LogP contribution is 2.38. The third kappa shape index (κ3) is 57.0. The lowest BCUT2D eigenvalue weighted by Crippen LogP contribution is -2.37. The zero-order chi connectivity index (χ0) is 50.5. The first kappa shape index (κ1) is 67.2. The Bertz CT molecular complexity index is 1290. The molecule has 0 bridgehead atoms. The van der Waals surface area contributed by atoms with E-state index in [4.69, 9.17) is 18.5 Å². The van der Waals surface area contributed by atoms with E-state index in [0.717, 1.165) is 64.2 Å². The van der Waals surface area contributed by atoms with E-state index in [9.17, 15) is 14.3 Å². The van der Waals surface area contributed by atoms with Crippen LogP contribution in [0.2, 0.25) is 0 Å². The van der Waals surface area contributed by atoms with Crippen molar-refractivity contribution in [1.82, 2.24) is 0 Å². The molecule has 2 unspecified atom stereocenters. The maximum Gasteiger partial charge on any atom is 0.306 e. The molecule has 0 saturated heterocycles. The Balaban J connectivity index is 4.07. The molecule has 0 aromatic heterocycles. The number of rotatable bonds is 54. The number of quaternary nitrogens is 1. The number of phosphoric ester groups is 1. The number of hydrogen-bond acceptors (Lipinski definition) is 7. The van der Waals surface area contributed by atoms with E-state index < -0.39 is 13.9 Å². The van der Waals surface area contributed by atoms with Gasteiger partial charge in [-0.15, -0.1) is 0 Å². The van der Waals surface area contributed by atoms with Gasteiger partial charge in [-0.3, -0.25) is 9.36 Å². The normalized spacial score (nSPS) is 13.9. The van der Waals surface area contributed by atoms with E-state index in [0.29, 0.717) is 24.1 Å². The average Bonchev–Trinajstić information content (AvgIpc) is 3.31. The van der Waals surface area contributed by atoms with Gasteiger partial charge < -0.3 is 27.9 Å². The highest BCUT2D eigenvalue weighted by molar-refractivity contribution is 7.45. The number of hydrogen-bond donors (Lipinski definition) is 0. The van der Waals surface area contributed by atoms with Gasteiger partial charge in [-0.05, 0) is 57.8 Å². The summed E-state index contributed by atoms with van der Waals surface area (Å²) in [6.07, 6.45) is 68.3. The van der Waals surface area contributed by atoms with E-state index in [1.807, 2.05) is 21.1 Å². The Kier molecular flexibility index (Phi) is 51.2. The summed E-state index contributed by atoms with van der Waals surface area (Å²) in [4.78, 5) is 25.3. The van der Waals surface area contributed by atoms with Crippen molar-refractivity contribution in [2.75, 3.05) is 54.1 Å². The fraction of sp³-hybridized carbons (Fsp3) is 0.817. The van der Waals surface area contributed by atoms with Crippen molar-refractivity contribution >= 4 is 13.8 Å². The molecule has 0 saturated carbocycles. The molecule has 9 heteroatoms. The Morgan fingerprint density at radius 2 is 0.841 bits per heavy atom. The van der Waals surface area contributed by atoms with Crippen LogP contribution in [0.3, 0.4) is 0 Å². The molecule has 0 aromatic carbocycles. The molecule has 8 nitrogen and oxygen atoms in total. The van der Waals surface area contributed by atoms with Crippen molar-refractivity contribution in [2.45, 2.75) is 264 Å². The van der Waals surface area contributed by atoms with Crippen LogP contribution in [-0.2, 0) is 27.9 Å². The topological polar surface area (TPSA) is 94.1 Å². The summed E-state index contributed by atoms with van der Waals surface area (Å²) < 4.78 is 34.9. The van der Waals surface area contributed by atoms with Gasteiger partial charge in [0.05, 0.1) is 34.4 Å². The molecule has 0 heterocycles. The third-order valence-electron chi connectivity index (χ3n) is 12.6. The average molecular weight is 991 g/mol. The molecule has 0 fully saturated rings. The fourth-order valence-electron chi connectivity index (χ4n) is 8.16. The second-order valence-corrected chi connectivity index (χ2v) is 22.0. The maximum atomic E-state index is 12.8. The molecule has 0 N–H and O–H groups in total. The molecule has 0 aliphatic heterocycles. The van der Waals surface area contributed by atoms with Gasteiger partial charge >= 0.3 is 5.97 Å². The van der Waals surface area contributed by atoms with E-state index in [-0.39, 0.29) is 25.8 Å². The smallest absolute Gasteiger partial charge is 0.306 e. The van der Waals surface area contributed by atoms with Crippen LogP contribution in [0.5, 0.6) is 0 Å². The number of carbonyl (C=O) groups is 1. The summed E-state index contributed by atoms with van der Waals surface area (Å²) in [5.74, 6) is -0.331. The van der Waals surface area contributed by atoms with Gasteiger partial charge in [-0.2, -0.15) is 0 Å². The minimum atomic E-state index is -4.54. The first-order valence-corrected chi connectivity index (χ1v) is 30.5. The molecule has 404 valence electrons. The molecule has 0 rings (SSSR count). The van der Waals surface area contributed by atoms with Crippen LogP contribution >= 0.6 is 7.82 Å². The summed E-state index contributed by atoms with van der Waals surface area (Å²) in [6.45, 7) is 5.33. The lowest BCUT2D eigenvalue weighted by atomic mass is 10.0. The van der Waals surface area contributed by atoms with Gasteiger partial charge in [0.1, 0.15) is 19.3 Å². The monoisotopic (exact) mass is 990 g/mol. The summed E-state index contributed by atoms with van der Waals surface area (Å²) in [5.41, 5.74) is 0. The van der Waals surface area contributed by atoms with Gasteiger partial charge in [-0.1, -0.05) is 254 Å². The minimum absolute atomic E-state index is 0.0249. The second kappa shape index (κ2) is 52.5. The fourth-order valence-corrected chi connectivity index (χ4v) is 8.89. The van der Waals surface area contributed by atoms with E-state index in [1.165, 1.54) is 173 Å². The highest BCUT2D eigenvalue weighted by atomic mass is 31.2. The Morgan fingerprint density at radius 1 is 0.464 bits per heavy atom. The van der Waals surface area contributed by atoms with Crippen molar-refractivity contribution in [2.24, 2.45) is 0 Å². The predicted octanol–water partition coefficient (Wildman–Crippen LogP) is 17.8. The van der Waals surface area contributed by atoms with Crippen molar-refractivity contribution in [3.8, 4) is 0 Å². The maximum absolute atomic E-state index is 12.8. The number of esters is 1. The minimum Gasteiger partial charge on any atom is -0.756 e. The van der Waals surface area contributed by atoms with Gasteiger partial charge in [0.15, 0.2) is 0 Å². The quantitative estimate of drug-likeness (QED) is 0.0197. The number of nitrogens with zero attached hydrogens (tertiary/aromatic N) is 1. The van der Waals surface area contributed by atoms with Crippen LogP contribution in [0, 0.1) is 0 Å². The first-order chi connectivity index (χ1) is 33.6. The van der Waals surface area contributed by atoms with Gasteiger partial charge in [0.25, 0.3) is 7.82 Å². The standard InChI is InChI=1S/C60H112NO7P/c1-6-8-10-12-14-16-18-20-22-24-26-28-29-30-31-32-34-36-38-40-42-44-46-48-50-52-55-65-57-59(58-67-69(63,64)66-56-54-61(3,4)5)68-60(62)53-51-49-47-45-43-41-39-37-35-33-27-25-23-21-19-17-15-13-11-9-7-2/h8,10,14,16,20,22,26,28,30-31,59H,6-7,9,11-13,15,17-19,21,23-25,27,29,32-58H2,1-5H3/b10-8-,16-14-,22-20-,28-26-,31-30-. The van der Waals surface area contributed by atoms with Crippen LogP contribution < -0.4 is 4.89 Å². The molecule has 0 aliphatic rings. The van der Waals surface area contributed by atoms with Crippen molar-refractivity contribution in [1.29, 1.82) is 0 Å². The zero-order valence-corrected chi connectivity index (χ0v) is 46.9. The summed E-state index contributed by atoms with van der Waals surface area (Å²) in [5, 5.41) is 0. The lowest BCUT2D eigenvalue weighted by Gasteiger charge is -2.28. The third-order valence-corrected chi connectivity index (χ3v) is 13.5. The SMILES string of the molecule is CC/C=C\C/C=C\C/C=C\C/C=C\C/C=C\CCCCCCCCCCCCOCC(COP(=O)([O-])OCC[N+](C)(C)C)OC(=O)CCCCCCCCCCCCCCCCCCCCCCC. The zero-order valence-electron chi connectivity index (χ0n) is 46.0. The molecule has 0 spiro atoms. The van der Waals surface area contributed by atoms with Crippen molar-refractivity contribution < 1.29 is 37.3 Å². The van der Waals surface area contributed by atoms with Crippen molar-refractivity contribution in [3.63, 3.8) is 0 Å². The number of unbranched alkanes of at least 4 members (excludes halogenated alkanes) is 30. The molecule has 0 aliphatic carbocycles. The number of ether oxygens (including phenoxy) is 2. The van der Waals surface area contributed by atoms with Crippen LogP contribution in [0.25, 0.3) is 0 Å². The molecule has 69 heavy (non-hydrogen) atoms. The van der Waals surface area contributed by atoms with Gasteiger partial charge in [0.2, 0.25) is 0 Å². The molecule has 2 atom stereocenters. The predicted molar refractivity (Wildman–Crippen MR) is 296 cm³/mol. The number of carbonyl (C=O) groups excluding carboxylic acids is 1. The lowest BCUT2D eigenvalue weighted by molar-refractivity contribution is -0.870. The van der Waals surface area contributed by atoms with E-state index in [2.05, 4.69) is 74.6 Å². The first-order valence-electron chi connectivity index (χ1n) is 29.0. The Hall–Kier alpha value is -1.80. The molecular weight excluding hydrogens is 878 g/mol. The summed E-state index contributed by atoms with van der Waals surface area (Å²) in [7, 11) is 1.36. The van der Waals surface area contributed by atoms with Gasteiger partial charge in [0, 0.05) is 13.0 Å². The van der Waals surface area contributed by atoms with Gasteiger partial charge in [-0.25, -0.2) is 0 Å². The second-order valence-electron chi connectivity index (χ2n) is 20.6. The summed E-state index contributed by atoms with van der Waals surface area (Å²) in [6, 6.07) is 0. The number of likely N-dealkylation sites (N-methyl/N-ethyl adjacent to an activating group) is 1. The van der Waals surface area contributed by atoms with Crippen LogP contribution in [0.15, 0.2) is 60.8 Å². The van der Waals surface area contributed by atoms with Crippen molar-refractivity contribution in [3.05, 3.63) is 60.8 Å². The Morgan fingerprint density at radius 3 is 1.26 bits per heavy atom. The number of allylic oxidation sites excluding steroid dienone is 10.